The fourth-order valence-corrected chi connectivity index (χ4v) is 6.07. The van der Waals surface area contributed by atoms with Crippen LogP contribution in [0.15, 0.2) is 59.5 Å². The van der Waals surface area contributed by atoms with Crippen LogP contribution in [-0.2, 0) is 12.0 Å². The lowest BCUT2D eigenvalue weighted by Crippen LogP contribution is -2.41. The van der Waals surface area contributed by atoms with E-state index in [0.717, 1.165) is 46.8 Å². The molecule has 1 saturated carbocycles. The number of ether oxygens (including phenoxy) is 1. The van der Waals surface area contributed by atoms with Crippen molar-refractivity contribution in [3.05, 3.63) is 76.9 Å². The van der Waals surface area contributed by atoms with Gasteiger partial charge in [-0.15, -0.1) is 0 Å². The van der Waals surface area contributed by atoms with Gasteiger partial charge in [-0.25, -0.2) is 4.79 Å². The molecule has 5 rings (SSSR count). The van der Waals surface area contributed by atoms with Crippen molar-refractivity contribution in [1.82, 2.24) is 5.32 Å². The summed E-state index contributed by atoms with van der Waals surface area (Å²) in [5, 5.41) is 8.75. The van der Waals surface area contributed by atoms with Crippen LogP contribution in [0.25, 0.3) is 11.1 Å². The van der Waals surface area contributed by atoms with Crippen molar-refractivity contribution < 1.29 is 9.53 Å². The molecule has 3 N–H and O–H groups in total. The minimum absolute atomic E-state index is 0.0310. The largest absolute Gasteiger partial charge is 0.496 e. The summed E-state index contributed by atoms with van der Waals surface area (Å²) in [5.74, 6) is 0.916. The minimum Gasteiger partial charge on any atom is -0.496 e. The molecule has 1 spiro atoms. The summed E-state index contributed by atoms with van der Waals surface area (Å²) in [7, 11) is 1.72. The van der Waals surface area contributed by atoms with Crippen molar-refractivity contribution >= 4 is 23.7 Å². The number of methoxy groups -OCH3 is 1. The van der Waals surface area contributed by atoms with E-state index in [-0.39, 0.29) is 11.4 Å². The molecule has 182 valence electrons. The quantitative estimate of drug-likeness (QED) is 0.404. The number of rotatable bonds is 5. The van der Waals surface area contributed by atoms with Crippen LogP contribution in [0.2, 0.25) is 0 Å². The number of nitrogens with two attached hydrogens (primary N) is 1. The van der Waals surface area contributed by atoms with E-state index in [1.807, 2.05) is 29.2 Å². The van der Waals surface area contributed by atoms with Gasteiger partial charge in [-0.2, -0.15) is 0 Å². The number of fused-ring (bicyclic) bond motifs is 2. The van der Waals surface area contributed by atoms with Gasteiger partial charge in [0.05, 0.1) is 7.11 Å². The predicted octanol–water partition coefficient (Wildman–Crippen LogP) is 6.49. The molecule has 2 amide bonds. The number of hydrogen-bond donors (Lipinski definition) is 2. The minimum atomic E-state index is -0.0310. The average Bonchev–Trinajstić information content (AvgIpc) is 3.49. The van der Waals surface area contributed by atoms with E-state index in [2.05, 4.69) is 49.5 Å². The highest BCUT2D eigenvalue weighted by atomic mass is 32.2. The first-order valence-electron chi connectivity index (χ1n) is 12.3. The molecule has 3 aromatic carbocycles. The van der Waals surface area contributed by atoms with Gasteiger partial charge < -0.3 is 10.1 Å². The van der Waals surface area contributed by atoms with Gasteiger partial charge in [0.2, 0.25) is 0 Å². The molecule has 1 aliphatic carbocycles. The second-order valence-corrected chi connectivity index (χ2v) is 10.6. The fraction of sp³-hybridized carbons (Fsp3) is 0.345. The molecule has 1 fully saturated rings. The fourth-order valence-electron chi connectivity index (χ4n) is 5.78. The first-order chi connectivity index (χ1) is 16.9. The van der Waals surface area contributed by atoms with E-state index >= 15 is 0 Å². The van der Waals surface area contributed by atoms with Crippen LogP contribution >= 0.6 is 11.9 Å². The summed E-state index contributed by atoms with van der Waals surface area (Å²) in [6.45, 7) is 5.47. The van der Waals surface area contributed by atoms with Gasteiger partial charge in [0.15, 0.2) is 0 Å². The molecule has 0 unspecified atom stereocenters. The zero-order valence-corrected chi connectivity index (χ0v) is 21.5. The highest BCUT2D eigenvalue weighted by molar-refractivity contribution is 7.97. The highest BCUT2D eigenvalue weighted by Crippen LogP contribution is 2.51. The third kappa shape index (κ3) is 4.41. The summed E-state index contributed by atoms with van der Waals surface area (Å²) in [5.41, 5.74) is 8.23. The van der Waals surface area contributed by atoms with Gasteiger partial charge in [0.1, 0.15) is 5.75 Å². The van der Waals surface area contributed by atoms with E-state index in [1.165, 1.54) is 47.0 Å². The van der Waals surface area contributed by atoms with Crippen LogP contribution in [0.1, 0.15) is 47.9 Å². The average molecular weight is 488 g/mol. The van der Waals surface area contributed by atoms with Crippen molar-refractivity contribution in [2.24, 2.45) is 5.14 Å². The zero-order valence-electron chi connectivity index (χ0n) is 20.7. The lowest BCUT2D eigenvalue weighted by atomic mass is 9.79. The van der Waals surface area contributed by atoms with Crippen molar-refractivity contribution in [2.75, 3.05) is 18.6 Å². The number of aryl methyl sites for hydroxylation is 2. The Hall–Kier alpha value is -2.96. The smallest absolute Gasteiger partial charge is 0.322 e. The maximum Gasteiger partial charge on any atom is 0.322 e. The summed E-state index contributed by atoms with van der Waals surface area (Å²) in [4.78, 5) is 16.3. The molecule has 2 aliphatic rings. The molecule has 5 nitrogen and oxygen atoms in total. The van der Waals surface area contributed by atoms with Gasteiger partial charge >= 0.3 is 6.03 Å². The SMILES string of the molecule is COc1cc(C)c(-c2ccc3c(c2)C2(CCCC2)CN3C(=O)NCc2ccc(SN)cc2)cc1C. The molecule has 1 heterocycles. The van der Waals surface area contributed by atoms with Crippen LogP contribution in [-0.4, -0.2) is 19.7 Å². The molecule has 1 aliphatic heterocycles. The molecule has 3 aromatic rings. The Morgan fingerprint density at radius 2 is 1.80 bits per heavy atom. The van der Waals surface area contributed by atoms with Crippen molar-refractivity contribution in [3.63, 3.8) is 0 Å². The standard InChI is InChI=1S/C29H33N3O2S/c1-19-15-27(34-3)20(2)14-24(19)22-8-11-26-25(16-22)29(12-4-5-13-29)18-32(26)28(33)31-17-21-6-9-23(35-30)10-7-21/h6-11,14-16H,4-5,12-13,17-18,30H2,1-3H3,(H,31,33). The Morgan fingerprint density at radius 3 is 2.49 bits per heavy atom. The topological polar surface area (TPSA) is 67.6 Å². The number of urea groups is 1. The number of nitrogens with one attached hydrogen (secondary N) is 1. The van der Waals surface area contributed by atoms with Gasteiger partial charge in [-0.1, -0.05) is 31.0 Å². The number of hydrogen-bond acceptors (Lipinski definition) is 4. The van der Waals surface area contributed by atoms with Crippen LogP contribution in [0.5, 0.6) is 5.75 Å². The van der Waals surface area contributed by atoms with Crippen LogP contribution in [0, 0.1) is 13.8 Å². The van der Waals surface area contributed by atoms with E-state index < -0.39 is 0 Å². The lowest BCUT2D eigenvalue weighted by Gasteiger charge is -2.25. The van der Waals surface area contributed by atoms with Crippen molar-refractivity contribution in [1.29, 1.82) is 0 Å². The highest BCUT2D eigenvalue weighted by Gasteiger charge is 2.46. The third-order valence-corrected chi connectivity index (χ3v) is 8.23. The monoisotopic (exact) mass is 487 g/mol. The summed E-state index contributed by atoms with van der Waals surface area (Å²) >= 11 is 1.23. The number of benzene rings is 3. The Bertz CT molecular complexity index is 1250. The second-order valence-electron chi connectivity index (χ2n) is 9.86. The summed E-state index contributed by atoms with van der Waals surface area (Å²) in [6.07, 6.45) is 4.69. The molecule has 0 atom stereocenters. The van der Waals surface area contributed by atoms with Crippen LogP contribution in [0.4, 0.5) is 10.5 Å². The maximum atomic E-state index is 13.3. The van der Waals surface area contributed by atoms with E-state index in [1.54, 1.807) is 7.11 Å². The summed E-state index contributed by atoms with van der Waals surface area (Å²) in [6, 6.07) is 18.9. The van der Waals surface area contributed by atoms with Crippen LogP contribution in [0.3, 0.4) is 0 Å². The number of anilines is 1. The van der Waals surface area contributed by atoms with Gasteiger partial charge in [0.25, 0.3) is 0 Å². The van der Waals surface area contributed by atoms with E-state index in [4.69, 9.17) is 9.88 Å². The van der Waals surface area contributed by atoms with Gasteiger partial charge in [0, 0.05) is 29.1 Å². The van der Waals surface area contributed by atoms with Crippen molar-refractivity contribution in [2.45, 2.75) is 56.4 Å². The zero-order chi connectivity index (χ0) is 24.6. The number of carbonyl (C=O) groups is 1. The predicted molar refractivity (Wildman–Crippen MR) is 144 cm³/mol. The van der Waals surface area contributed by atoms with Gasteiger partial charge in [-0.3, -0.25) is 10.0 Å². The Labute approximate surface area is 212 Å². The molecule has 0 radical (unpaired) electrons. The second kappa shape index (κ2) is 9.59. The van der Waals surface area contributed by atoms with E-state index in [0.29, 0.717) is 6.54 Å². The lowest BCUT2D eigenvalue weighted by molar-refractivity contribution is 0.245. The molecular weight excluding hydrogens is 454 g/mol. The third-order valence-electron chi connectivity index (χ3n) is 7.68. The summed E-state index contributed by atoms with van der Waals surface area (Å²) < 4.78 is 5.52. The van der Waals surface area contributed by atoms with Crippen molar-refractivity contribution in [3.8, 4) is 16.9 Å². The Balaban J connectivity index is 1.44. The Morgan fingerprint density at radius 1 is 1.06 bits per heavy atom. The molecule has 0 aromatic heterocycles. The Kier molecular flexibility index (Phi) is 6.51. The van der Waals surface area contributed by atoms with Crippen LogP contribution < -0.4 is 20.1 Å². The number of nitrogens with zero attached hydrogens (tertiary/aromatic N) is 1. The molecular formula is C29H33N3O2S. The normalized spacial score (nSPS) is 15.9. The molecule has 0 bridgehead atoms. The molecule has 0 saturated heterocycles. The molecule has 6 heteroatoms. The maximum absolute atomic E-state index is 13.3. The van der Waals surface area contributed by atoms with Gasteiger partial charge in [-0.05, 0) is 108 Å². The molecule has 35 heavy (non-hydrogen) atoms. The van der Waals surface area contributed by atoms with E-state index in [9.17, 15) is 4.79 Å². The first-order valence-corrected chi connectivity index (χ1v) is 13.1. The number of carbonyl (C=O) groups excluding carboxylic acids is 1. The first kappa shape index (κ1) is 23.8. The number of amides is 2.